The first-order chi connectivity index (χ1) is 31.6. The lowest BCUT2D eigenvalue weighted by atomic mass is 9.62. The number of esters is 1. The number of nitrogens with zero attached hydrogens (tertiary/aromatic N) is 1. The maximum absolute atomic E-state index is 15.0. The number of aliphatic hydroxyl groups excluding tert-OH is 5. The van der Waals surface area contributed by atoms with Crippen molar-refractivity contribution < 1.29 is 68.4 Å². The molecule has 0 aromatic heterocycles. The number of amides is 2. The lowest BCUT2D eigenvalue weighted by molar-refractivity contribution is -0.298. The van der Waals surface area contributed by atoms with E-state index in [1.54, 1.807) is 36.4 Å². The second-order valence-electron chi connectivity index (χ2n) is 16.8. The molecule has 9 rings (SSSR count). The van der Waals surface area contributed by atoms with E-state index in [1.807, 2.05) is 84.9 Å². The van der Waals surface area contributed by atoms with Crippen molar-refractivity contribution in [1.82, 2.24) is 15.7 Å². The SMILES string of the molecule is O=C(NCCO)c1cccc(CNC(=O)C23CC4OC(=O)C2N(Cc2cccc(C=CCOC5OC(CO)C(O)C(O)C5O)c2)OC3C2OC(c3ccccc3)(c3ccccc3)OC42)c1. The summed E-state index contributed by atoms with van der Waals surface area (Å²) >= 11 is 0. The van der Waals surface area contributed by atoms with E-state index in [0.29, 0.717) is 22.3 Å². The number of hydrogen-bond donors (Lipinski definition) is 7. The number of fused-ring (bicyclic) bond motifs is 4. The van der Waals surface area contributed by atoms with Crippen LogP contribution < -0.4 is 10.6 Å². The number of carbonyl (C=O) groups is 3. The summed E-state index contributed by atoms with van der Waals surface area (Å²) in [5, 5.41) is 56.4. The van der Waals surface area contributed by atoms with E-state index in [-0.39, 0.29) is 45.2 Å². The molecule has 11 atom stereocenters. The average Bonchev–Trinajstić information content (AvgIpc) is 3.92. The third kappa shape index (κ3) is 8.38. The maximum atomic E-state index is 15.0. The van der Waals surface area contributed by atoms with E-state index in [1.165, 1.54) is 5.06 Å². The number of hydrogen-bond acceptors (Lipinski definition) is 15. The lowest BCUT2D eigenvalue weighted by Gasteiger charge is -2.48. The Bertz CT molecular complexity index is 2330. The summed E-state index contributed by atoms with van der Waals surface area (Å²) in [6.07, 6.45) is -7.09. The van der Waals surface area contributed by atoms with Gasteiger partial charge in [0.05, 0.1) is 26.4 Å². The number of nitrogens with one attached hydrogen (secondary N) is 2. The van der Waals surface area contributed by atoms with Crippen LogP contribution in [0.25, 0.3) is 6.08 Å². The quantitative estimate of drug-likeness (QED) is 0.0827. The number of benzene rings is 4. The summed E-state index contributed by atoms with van der Waals surface area (Å²) in [5.74, 6) is -2.91. The van der Waals surface area contributed by atoms with Crippen LogP contribution in [0, 0.1) is 5.41 Å². The molecule has 2 bridgehead atoms. The summed E-state index contributed by atoms with van der Waals surface area (Å²) in [6.45, 7) is -0.655. The summed E-state index contributed by atoms with van der Waals surface area (Å²) in [4.78, 5) is 49.0. The minimum atomic E-state index is -1.57. The van der Waals surface area contributed by atoms with Gasteiger partial charge >= 0.3 is 5.97 Å². The Morgan fingerprint density at radius 1 is 0.815 bits per heavy atom. The maximum Gasteiger partial charge on any atom is 0.327 e. The first-order valence-electron chi connectivity index (χ1n) is 21.6. The summed E-state index contributed by atoms with van der Waals surface area (Å²) in [7, 11) is 0. The van der Waals surface area contributed by atoms with Crippen molar-refractivity contribution in [2.24, 2.45) is 5.41 Å². The van der Waals surface area contributed by atoms with Crippen molar-refractivity contribution >= 4 is 23.9 Å². The Hall–Kier alpha value is -5.41. The van der Waals surface area contributed by atoms with Crippen LogP contribution >= 0.6 is 0 Å². The van der Waals surface area contributed by atoms with Gasteiger partial charge in [0.2, 0.25) is 11.7 Å². The molecule has 4 saturated heterocycles. The molecule has 1 aliphatic carbocycles. The van der Waals surface area contributed by atoms with Crippen LogP contribution in [0.3, 0.4) is 0 Å². The zero-order chi connectivity index (χ0) is 45.3. The molecule has 17 heteroatoms. The molecule has 342 valence electrons. The molecule has 65 heavy (non-hydrogen) atoms. The van der Waals surface area contributed by atoms with E-state index in [4.69, 9.17) is 28.5 Å². The zero-order valence-corrected chi connectivity index (χ0v) is 35.1. The monoisotopic (exact) mass is 893 g/mol. The first kappa shape index (κ1) is 44.8. The first-order valence-corrected chi connectivity index (χ1v) is 21.6. The molecule has 5 aliphatic rings. The van der Waals surface area contributed by atoms with Crippen molar-refractivity contribution in [3.05, 3.63) is 149 Å². The van der Waals surface area contributed by atoms with Crippen LogP contribution in [0.5, 0.6) is 0 Å². The number of hydroxylamine groups is 2. The average molecular weight is 894 g/mol. The summed E-state index contributed by atoms with van der Waals surface area (Å²) in [6, 6.07) is 31.9. The van der Waals surface area contributed by atoms with Gasteiger partial charge in [0.15, 0.2) is 12.3 Å². The molecule has 4 aliphatic heterocycles. The van der Waals surface area contributed by atoms with Crippen molar-refractivity contribution in [2.45, 2.75) is 86.5 Å². The van der Waals surface area contributed by atoms with Gasteiger partial charge in [0.25, 0.3) is 5.91 Å². The molecule has 4 heterocycles. The normalized spacial score (nSPS) is 31.3. The predicted molar refractivity (Wildman–Crippen MR) is 227 cm³/mol. The Balaban J connectivity index is 0.998. The fraction of sp³-hybridized carbons (Fsp3) is 0.396. The van der Waals surface area contributed by atoms with Gasteiger partial charge in [-0.25, -0.2) is 0 Å². The summed E-state index contributed by atoms with van der Waals surface area (Å²) in [5.41, 5.74) is 2.36. The number of rotatable bonds is 15. The summed E-state index contributed by atoms with van der Waals surface area (Å²) < 4.78 is 31.3. The van der Waals surface area contributed by atoms with Crippen molar-refractivity contribution in [2.75, 3.05) is 26.4 Å². The molecule has 2 amide bonds. The third-order valence-corrected chi connectivity index (χ3v) is 12.7. The molecule has 0 radical (unpaired) electrons. The molecule has 1 saturated carbocycles. The highest BCUT2D eigenvalue weighted by Crippen LogP contribution is 2.59. The molecule has 0 spiro atoms. The van der Waals surface area contributed by atoms with E-state index in [2.05, 4.69) is 10.6 Å². The molecule has 4 aromatic rings. The molecule has 11 unspecified atom stereocenters. The van der Waals surface area contributed by atoms with Gasteiger partial charge in [-0.3, -0.25) is 19.2 Å². The number of carbonyl (C=O) groups excluding carboxylic acids is 3. The van der Waals surface area contributed by atoms with Gasteiger partial charge in [-0.2, -0.15) is 5.06 Å². The molecule has 4 aromatic carbocycles. The van der Waals surface area contributed by atoms with E-state index in [9.17, 15) is 35.1 Å². The third-order valence-electron chi connectivity index (χ3n) is 12.7. The fourth-order valence-electron chi connectivity index (χ4n) is 9.64. The van der Waals surface area contributed by atoms with Crippen LogP contribution in [0.2, 0.25) is 0 Å². The Morgan fingerprint density at radius 3 is 2.25 bits per heavy atom. The van der Waals surface area contributed by atoms with E-state index in [0.717, 1.165) is 11.1 Å². The number of ether oxygens (including phenoxy) is 5. The molecule has 17 nitrogen and oxygen atoms in total. The largest absolute Gasteiger partial charge is 0.458 e. The van der Waals surface area contributed by atoms with Gasteiger partial charge in [-0.05, 0) is 28.8 Å². The minimum absolute atomic E-state index is 0.0265. The van der Waals surface area contributed by atoms with Crippen LogP contribution in [0.4, 0.5) is 0 Å². The zero-order valence-electron chi connectivity index (χ0n) is 35.1. The van der Waals surface area contributed by atoms with Gasteiger partial charge in [-0.15, -0.1) is 0 Å². The molecule has 7 N–H and O–H groups in total. The Labute approximate surface area is 374 Å². The van der Waals surface area contributed by atoms with E-state index >= 15 is 4.79 Å². The highest BCUT2D eigenvalue weighted by Gasteiger charge is 2.76. The Morgan fingerprint density at radius 2 is 1.52 bits per heavy atom. The lowest BCUT2D eigenvalue weighted by Crippen LogP contribution is -2.69. The highest BCUT2D eigenvalue weighted by molar-refractivity contribution is 5.95. The Kier molecular flexibility index (Phi) is 13.0. The van der Waals surface area contributed by atoms with Crippen molar-refractivity contribution in [3.63, 3.8) is 0 Å². The second-order valence-corrected chi connectivity index (χ2v) is 16.8. The smallest absolute Gasteiger partial charge is 0.327 e. The van der Waals surface area contributed by atoms with Crippen LogP contribution in [-0.2, 0) is 57.0 Å². The van der Waals surface area contributed by atoms with Gasteiger partial charge in [0.1, 0.15) is 54.2 Å². The highest BCUT2D eigenvalue weighted by atomic mass is 16.8. The van der Waals surface area contributed by atoms with Crippen molar-refractivity contribution in [3.8, 4) is 0 Å². The van der Waals surface area contributed by atoms with Gasteiger partial charge in [-0.1, -0.05) is 109 Å². The number of aliphatic hydroxyl groups is 5. The van der Waals surface area contributed by atoms with Gasteiger partial charge < -0.3 is 59.9 Å². The molecule has 5 fully saturated rings. The van der Waals surface area contributed by atoms with Crippen LogP contribution in [0.15, 0.2) is 115 Å². The van der Waals surface area contributed by atoms with Gasteiger partial charge in [0, 0.05) is 36.2 Å². The predicted octanol–water partition coefficient (Wildman–Crippen LogP) is 1.04. The standard InChI is InChI=1S/C48H51N3O14/c52-20-19-49-43(57)31-14-8-11-29(23-31)25-50-46(59)47-24-34-39-40(64-48(63-39,32-15-3-1-4-16-32)33-17-5-2-6-18-33)42(47)65-51(41(47)44(58)61-34)26-30-12-7-10-28(22-30)13-9-21-60-45-38(56)37(55)36(54)35(27-53)62-45/h1-18,22-23,34-42,45,52-56H,19-21,24-27H2,(H,49,57)(H,50,59). The minimum Gasteiger partial charge on any atom is -0.458 e. The molecular formula is C48H51N3O14. The van der Waals surface area contributed by atoms with Crippen molar-refractivity contribution in [1.29, 1.82) is 0 Å². The van der Waals surface area contributed by atoms with Crippen LogP contribution in [-0.4, -0.2) is 136 Å². The van der Waals surface area contributed by atoms with Crippen LogP contribution in [0.1, 0.15) is 44.6 Å². The topological polar surface area (TPSA) is 235 Å². The van der Waals surface area contributed by atoms with E-state index < -0.39 is 90.8 Å². The fourth-order valence-corrected chi connectivity index (χ4v) is 9.64. The molecular weight excluding hydrogens is 843 g/mol. The second kappa shape index (κ2) is 18.8.